The van der Waals surface area contributed by atoms with Crippen LogP contribution in [0, 0.1) is 0 Å². The zero-order valence-corrected chi connectivity index (χ0v) is 12.4. The van der Waals surface area contributed by atoms with Crippen molar-refractivity contribution >= 4 is 27.0 Å². The van der Waals surface area contributed by atoms with Gasteiger partial charge in [-0.1, -0.05) is 0 Å². The molecule has 2 rings (SSSR count). The number of rotatable bonds is 4. The van der Waals surface area contributed by atoms with Crippen LogP contribution in [0.4, 0.5) is 0 Å². The van der Waals surface area contributed by atoms with E-state index in [9.17, 15) is 22.8 Å². The lowest BCUT2D eigenvalue weighted by Crippen LogP contribution is -2.33. The fraction of sp³-hybridized carbons (Fsp3) is 0.273. The van der Waals surface area contributed by atoms with Crippen LogP contribution in [0.3, 0.4) is 0 Å². The average molecular weight is 328 g/mol. The van der Waals surface area contributed by atoms with Gasteiger partial charge in [0.1, 0.15) is 17.1 Å². The number of likely N-dealkylation sites (N-methyl/N-ethyl adjacent to an activating group) is 1. The highest BCUT2D eigenvalue weighted by Crippen LogP contribution is 2.16. The summed E-state index contributed by atoms with van der Waals surface area (Å²) in [5.41, 5.74) is -1.43. The number of carboxylic acids is 1. The third-order valence-corrected chi connectivity index (χ3v) is 4.76. The van der Waals surface area contributed by atoms with Gasteiger partial charge in [0, 0.05) is 20.3 Å². The number of H-pyrrole nitrogens is 1. The van der Waals surface area contributed by atoms with E-state index in [0.29, 0.717) is 4.31 Å². The summed E-state index contributed by atoms with van der Waals surface area (Å²) in [6.07, 6.45) is 0.967. The number of nitrogens with zero attached hydrogens (tertiary/aromatic N) is 3. The molecule has 2 aromatic heterocycles. The molecular weight excluding hydrogens is 316 g/mol. The maximum absolute atomic E-state index is 12.2. The van der Waals surface area contributed by atoms with Crippen LogP contribution in [-0.4, -0.2) is 51.9 Å². The van der Waals surface area contributed by atoms with E-state index in [2.05, 4.69) is 4.98 Å². The van der Waals surface area contributed by atoms with E-state index in [4.69, 9.17) is 5.11 Å². The van der Waals surface area contributed by atoms with Crippen LogP contribution in [-0.2, 0) is 21.9 Å². The van der Waals surface area contributed by atoms with Gasteiger partial charge in [0.15, 0.2) is 0 Å². The van der Waals surface area contributed by atoms with Crippen molar-refractivity contribution in [2.24, 2.45) is 7.05 Å². The first kappa shape index (κ1) is 15.9. The lowest BCUT2D eigenvalue weighted by molar-refractivity contribution is -0.137. The molecule has 2 aromatic rings. The fourth-order valence-electron chi connectivity index (χ4n) is 1.81. The molecule has 10 nitrogen and oxygen atoms in total. The highest BCUT2D eigenvalue weighted by atomic mass is 32.2. The van der Waals surface area contributed by atoms with Crippen molar-refractivity contribution in [3.05, 3.63) is 33.1 Å². The van der Waals surface area contributed by atoms with Crippen molar-refractivity contribution in [1.29, 1.82) is 0 Å². The van der Waals surface area contributed by atoms with Gasteiger partial charge in [-0.3, -0.25) is 19.1 Å². The molecule has 11 heteroatoms. The molecule has 0 fully saturated rings. The van der Waals surface area contributed by atoms with Crippen LogP contribution in [0.1, 0.15) is 0 Å². The monoisotopic (exact) mass is 328 g/mol. The quantitative estimate of drug-likeness (QED) is 0.683. The van der Waals surface area contributed by atoms with E-state index in [-0.39, 0.29) is 15.9 Å². The third-order valence-electron chi connectivity index (χ3n) is 3.00. The van der Waals surface area contributed by atoms with Gasteiger partial charge >= 0.3 is 11.7 Å². The number of aromatic nitrogens is 3. The Labute approximate surface area is 123 Å². The van der Waals surface area contributed by atoms with E-state index in [1.807, 2.05) is 4.98 Å². The second kappa shape index (κ2) is 5.35. The van der Waals surface area contributed by atoms with Crippen molar-refractivity contribution in [1.82, 2.24) is 18.8 Å². The summed E-state index contributed by atoms with van der Waals surface area (Å²) in [5, 5.41) is 8.57. The second-order valence-electron chi connectivity index (χ2n) is 4.52. The van der Waals surface area contributed by atoms with Gasteiger partial charge in [-0.2, -0.15) is 4.31 Å². The Morgan fingerprint density at radius 1 is 1.45 bits per heavy atom. The first-order valence-electron chi connectivity index (χ1n) is 5.92. The Bertz CT molecular complexity index is 974. The Balaban J connectivity index is 2.67. The molecule has 22 heavy (non-hydrogen) atoms. The number of aromatic amines is 1. The number of hydrogen-bond donors (Lipinski definition) is 2. The number of fused-ring (bicyclic) bond motifs is 1. The van der Waals surface area contributed by atoms with E-state index in [1.54, 1.807) is 0 Å². The first-order valence-corrected chi connectivity index (χ1v) is 7.36. The molecule has 0 amide bonds. The highest BCUT2D eigenvalue weighted by Gasteiger charge is 2.24. The summed E-state index contributed by atoms with van der Waals surface area (Å²) in [4.78, 5) is 39.3. The van der Waals surface area contributed by atoms with E-state index in [0.717, 1.165) is 23.9 Å². The van der Waals surface area contributed by atoms with Crippen LogP contribution in [0.15, 0.2) is 26.7 Å². The van der Waals surface area contributed by atoms with Gasteiger partial charge in [0.05, 0.1) is 5.39 Å². The molecule has 0 spiro atoms. The van der Waals surface area contributed by atoms with Crippen LogP contribution in [0.5, 0.6) is 0 Å². The fourth-order valence-corrected chi connectivity index (χ4v) is 2.91. The predicted octanol–water partition coefficient (Wildman–Crippen LogP) is -1.67. The smallest absolute Gasteiger partial charge is 0.329 e. The summed E-state index contributed by atoms with van der Waals surface area (Å²) in [5.74, 6) is -1.32. The number of sulfonamides is 1. The minimum absolute atomic E-state index is 0.0218. The summed E-state index contributed by atoms with van der Waals surface area (Å²) in [7, 11) is -1.65. The number of carboxylic acid groups (broad SMARTS) is 1. The Kier molecular flexibility index (Phi) is 3.85. The maximum Gasteiger partial charge on any atom is 0.329 e. The third kappa shape index (κ3) is 2.63. The SMILES string of the molecule is CN(CC(=O)O)S(=O)(=O)c1cnc2c(c1)c(=O)[nH]c(=O)n2C. The van der Waals surface area contributed by atoms with E-state index in [1.165, 1.54) is 7.05 Å². The molecule has 2 heterocycles. The molecule has 118 valence electrons. The van der Waals surface area contributed by atoms with Crippen molar-refractivity contribution in [2.45, 2.75) is 4.90 Å². The van der Waals surface area contributed by atoms with Gasteiger partial charge in [-0.25, -0.2) is 18.2 Å². The van der Waals surface area contributed by atoms with E-state index >= 15 is 0 Å². The summed E-state index contributed by atoms with van der Waals surface area (Å²) in [6.45, 7) is -0.732. The normalized spacial score (nSPS) is 12.0. The average Bonchev–Trinajstić information content (AvgIpc) is 2.43. The number of pyridine rings is 1. The van der Waals surface area contributed by atoms with Crippen molar-refractivity contribution in [3.63, 3.8) is 0 Å². The van der Waals surface area contributed by atoms with Gasteiger partial charge < -0.3 is 5.11 Å². The van der Waals surface area contributed by atoms with Crippen LogP contribution in [0.2, 0.25) is 0 Å². The molecule has 0 radical (unpaired) electrons. The molecule has 0 saturated carbocycles. The topological polar surface area (TPSA) is 142 Å². The molecular formula is C11H12N4O6S. The molecule has 0 aliphatic carbocycles. The van der Waals surface area contributed by atoms with Gasteiger partial charge in [-0.05, 0) is 6.07 Å². The van der Waals surface area contributed by atoms with Crippen LogP contribution >= 0.6 is 0 Å². The summed E-state index contributed by atoms with van der Waals surface area (Å²) < 4.78 is 26.1. The number of nitrogens with one attached hydrogen (secondary N) is 1. The van der Waals surface area contributed by atoms with Crippen molar-refractivity contribution < 1.29 is 18.3 Å². The zero-order chi connectivity index (χ0) is 16.7. The largest absolute Gasteiger partial charge is 0.480 e. The zero-order valence-electron chi connectivity index (χ0n) is 11.6. The highest BCUT2D eigenvalue weighted by molar-refractivity contribution is 7.89. The van der Waals surface area contributed by atoms with Crippen molar-refractivity contribution in [2.75, 3.05) is 13.6 Å². The number of aryl methyl sites for hydroxylation is 1. The van der Waals surface area contributed by atoms with Crippen LogP contribution in [0.25, 0.3) is 11.0 Å². The minimum Gasteiger partial charge on any atom is -0.480 e. The Morgan fingerprint density at radius 3 is 2.68 bits per heavy atom. The Morgan fingerprint density at radius 2 is 2.09 bits per heavy atom. The molecule has 0 aliphatic rings. The molecule has 0 bridgehead atoms. The number of carbonyl (C=O) groups is 1. The van der Waals surface area contributed by atoms with Crippen molar-refractivity contribution in [3.8, 4) is 0 Å². The molecule has 0 aliphatic heterocycles. The van der Waals surface area contributed by atoms with Gasteiger partial charge in [0.25, 0.3) is 5.56 Å². The van der Waals surface area contributed by atoms with Gasteiger partial charge in [0.2, 0.25) is 10.0 Å². The first-order chi connectivity index (χ1) is 10.1. The number of hydrogen-bond acceptors (Lipinski definition) is 6. The summed E-state index contributed by atoms with van der Waals surface area (Å²) >= 11 is 0. The maximum atomic E-state index is 12.2. The molecule has 2 N–H and O–H groups in total. The van der Waals surface area contributed by atoms with Gasteiger partial charge in [-0.15, -0.1) is 0 Å². The molecule has 0 atom stereocenters. The second-order valence-corrected chi connectivity index (χ2v) is 6.56. The molecule has 0 aromatic carbocycles. The lowest BCUT2D eigenvalue weighted by Gasteiger charge is -2.15. The van der Waals surface area contributed by atoms with Crippen LogP contribution < -0.4 is 11.2 Å². The standard InChI is InChI=1S/C11H12N4O6S/c1-14(5-8(16)17)22(20,21)6-3-7-9(12-4-6)15(2)11(19)13-10(7)18/h3-4H,5H2,1-2H3,(H,16,17)(H,13,18,19). The molecule has 0 unspecified atom stereocenters. The lowest BCUT2D eigenvalue weighted by atomic mass is 10.3. The Hall–Kier alpha value is -2.53. The minimum atomic E-state index is -4.12. The van der Waals surface area contributed by atoms with E-state index < -0.39 is 33.8 Å². The number of aliphatic carboxylic acids is 1. The predicted molar refractivity (Wildman–Crippen MR) is 75.1 cm³/mol. The molecule has 0 saturated heterocycles. The summed E-state index contributed by atoms with van der Waals surface area (Å²) in [6, 6.07) is 1.05.